The number of rotatable bonds is 11. The lowest BCUT2D eigenvalue weighted by molar-refractivity contribution is 0.223. The van der Waals surface area contributed by atoms with Gasteiger partial charge in [-0.15, -0.1) is 0 Å². The van der Waals surface area contributed by atoms with E-state index in [1.807, 2.05) is 0 Å². The number of nitrogen functional groups attached to an aromatic ring is 1. The Morgan fingerprint density at radius 3 is 2.47 bits per heavy atom. The van der Waals surface area contributed by atoms with Gasteiger partial charge in [0.15, 0.2) is 11.5 Å². The molecule has 36 heavy (non-hydrogen) atoms. The van der Waals surface area contributed by atoms with E-state index in [4.69, 9.17) is 31.9 Å². The van der Waals surface area contributed by atoms with Gasteiger partial charge >= 0.3 is 6.03 Å². The Morgan fingerprint density at radius 2 is 1.89 bits per heavy atom. The molecule has 8 N–H and O–H groups in total. The van der Waals surface area contributed by atoms with Crippen LogP contribution in [0.5, 0.6) is 11.5 Å². The summed E-state index contributed by atoms with van der Waals surface area (Å²) in [5, 5.41) is 21.8. The number of nitrogens with one attached hydrogen (secondary N) is 4. The number of carbonyl (C=O) groups is 1. The SMILES string of the molecule is C=C/C=N\C(=N)N(N)C(=O)NC(=C)C(Nc1ccc(C(=N)N)cc1)c1ccc(OC)c(OCC=C)c1. The van der Waals surface area contributed by atoms with E-state index in [9.17, 15) is 4.79 Å². The van der Waals surface area contributed by atoms with Crippen molar-refractivity contribution in [2.45, 2.75) is 6.04 Å². The summed E-state index contributed by atoms with van der Waals surface area (Å²) < 4.78 is 11.1. The van der Waals surface area contributed by atoms with E-state index in [0.29, 0.717) is 33.3 Å². The summed E-state index contributed by atoms with van der Waals surface area (Å²) in [6.45, 7) is 11.4. The van der Waals surface area contributed by atoms with E-state index in [1.165, 1.54) is 19.4 Å². The molecule has 1 unspecified atom stereocenters. The second-order valence-electron chi connectivity index (χ2n) is 7.24. The molecule has 0 spiro atoms. The van der Waals surface area contributed by atoms with Gasteiger partial charge in [-0.3, -0.25) is 10.8 Å². The van der Waals surface area contributed by atoms with Crippen molar-refractivity contribution in [3.8, 4) is 11.5 Å². The number of anilines is 1. The molecule has 0 saturated carbocycles. The van der Waals surface area contributed by atoms with Crippen molar-refractivity contribution >= 4 is 29.7 Å². The molecule has 0 fully saturated rings. The normalized spacial score (nSPS) is 11.2. The third-order valence-electron chi connectivity index (χ3n) is 4.75. The number of amidine groups is 1. The van der Waals surface area contributed by atoms with E-state index in [0.717, 1.165) is 0 Å². The lowest BCUT2D eigenvalue weighted by Gasteiger charge is -2.25. The van der Waals surface area contributed by atoms with Gasteiger partial charge in [-0.25, -0.2) is 15.6 Å². The van der Waals surface area contributed by atoms with Crippen LogP contribution in [0.25, 0.3) is 0 Å². The summed E-state index contributed by atoms with van der Waals surface area (Å²) in [6.07, 6.45) is 4.20. The number of urea groups is 1. The molecule has 0 aliphatic heterocycles. The number of hydrogen-bond acceptors (Lipinski definition) is 7. The van der Waals surface area contributed by atoms with Gasteiger partial charge in [0.25, 0.3) is 0 Å². The first-order valence-electron chi connectivity index (χ1n) is 10.6. The van der Waals surface area contributed by atoms with Crippen LogP contribution in [-0.2, 0) is 0 Å². The molecule has 2 amide bonds. The predicted molar refractivity (Wildman–Crippen MR) is 143 cm³/mol. The lowest BCUT2D eigenvalue weighted by atomic mass is 10.0. The average Bonchev–Trinajstić information content (AvgIpc) is 2.88. The zero-order chi connectivity index (χ0) is 26.7. The molecule has 1 atom stereocenters. The number of carbonyl (C=O) groups excluding carboxylic acids is 1. The Kier molecular flexibility index (Phi) is 9.96. The molecule has 0 aromatic heterocycles. The maximum absolute atomic E-state index is 12.6. The van der Waals surface area contributed by atoms with Gasteiger partial charge < -0.3 is 25.8 Å². The number of aliphatic imine (C=N–C) groups is 1. The number of allylic oxidation sites excluding steroid dienone is 1. The second kappa shape index (κ2) is 13.1. The molecule has 11 nitrogen and oxygen atoms in total. The van der Waals surface area contributed by atoms with Crippen molar-refractivity contribution in [2.24, 2.45) is 16.6 Å². The van der Waals surface area contributed by atoms with E-state index in [1.54, 1.807) is 48.5 Å². The van der Waals surface area contributed by atoms with Gasteiger partial charge in [0.05, 0.1) is 13.2 Å². The summed E-state index contributed by atoms with van der Waals surface area (Å²) in [6, 6.07) is 10.7. The highest BCUT2D eigenvalue weighted by molar-refractivity contribution is 5.99. The maximum atomic E-state index is 12.6. The van der Waals surface area contributed by atoms with Gasteiger partial charge in [-0.1, -0.05) is 38.0 Å². The van der Waals surface area contributed by atoms with Crippen LogP contribution in [0.2, 0.25) is 0 Å². The number of hydrogen-bond donors (Lipinski definition) is 6. The molecule has 0 heterocycles. The minimum absolute atomic E-state index is 0.0569. The van der Waals surface area contributed by atoms with E-state index in [-0.39, 0.29) is 18.1 Å². The molecule has 0 aliphatic carbocycles. The fraction of sp³-hybridized carbons (Fsp3) is 0.120. The predicted octanol–water partition coefficient (Wildman–Crippen LogP) is 3.29. The lowest BCUT2D eigenvalue weighted by Crippen LogP contribution is -2.47. The highest BCUT2D eigenvalue weighted by Gasteiger charge is 2.22. The number of amides is 2. The fourth-order valence-corrected chi connectivity index (χ4v) is 2.97. The first-order chi connectivity index (χ1) is 17.2. The highest BCUT2D eigenvalue weighted by atomic mass is 16.5. The van der Waals surface area contributed by atoms with Crippen LogP contribution in [0.4, 0.5) is 10.5 Å². The van der Waals surface area contributed by atoms with Gasteiger partial charge in [0.1, 0.15) is 12.4 Å². The minimum Gasteiger partial charge on any atom is -0.493 e. The molecule has 0 bridgehead atoms. The van der Waals surface area contributed by atoms with Crippen LogP contribution in [-0.4, -0.2) is 42.8 Å². The molecule has 0 radical (unpaired) electrons. The summed E-state index contributed by atoms with van der Waals surface area (Å²) in [5.74, 6) is 6.15. The summed E-state index contributed by atoms with van der Waals surface area (Å²) >= 11 is 0. The van der Waals surface area contributed by atoms with Crippen LogP contribution in [0.1, 0.15) is 17.2 Å². The Balaban J connectivity index is 2.39. The first-order valence-corrected chi connectivity index (χ1v) is 10.6. The number of benzene rings is 2. The topological polar surface area (TPSA) is 175 Å². The van der Waals surface area contributed by atoms with Crippen molar-refractivity contribution < 1.29 is 14.3 Å². The van der Waals surface area contributed by atoms with Crippen LogP contribution < -0.4 is 31.7 Å². The number of ether oxygens (including phenoxy) is 2. The summed E-state index contributed by atoms with van der Waals surface area (Å²) in [5.41, 5.74) is 7.68. The third kappa shape index (κ3) is 7.30. The molecular weight excluding hydrogens is 460 g/mol. The Morgan fingerprint density at radius 1 is 1.19 bits per heavy atom. The Bertz CT molecular complexity index is 1170. The Hall–Kier alpha value is -4.90. The van der Waals surface area contributed by atoms with Crippen molar-refractivity contribution in [1.29, 1.82) is 10.8 Å². The average molecular weight is 491 g/mol. The zero-order valence-electron chi connectivity index (χ0n) is 20.0. The van der Waals surface area contributed by atoms with E-state index < -0.39 is 18.0 Å². The minimum atomic E-state index is -0.818. The van der Waals surface area contributed by atoms with E-state index >= 15 is 0 Å². The van der Waals surface area contributed by atoms with E-state index in [2.05, 4.69) is 35.4 Å². The van der Waals surface area contributed by atoms with Crippen molar-refractivity contribution in [3.05, 3.63) is 91.2 Å². The number of hydrazine groups is 1. The van der Waals surface area contributed by atoms with Crippen molar-refractivity contribution in [3.63, 3.8) is 0 Å². The first kappa shape index (κ1) is 27.3. The largest absolute Gasteiger partial charge is 0.493 e. The zero-order valence-corrected chi connectivity index (χ0v) is 20.0. The molecule has 2 aromatic carbocycles. The number of nitrogens with two attached hydrogens (primary N) is 2. The summed E-state index contributed by atoms with van der Waals surface area (Å²) in [4.78, 5) is 16.3. The smallest absolute Gasteiger partial charge is 0.343 e. The molecule has 2 aromatic rings. The van der Waals surface area contributed by atoms with Gasteiger partial charge in [0.2, 0.25) is 5.96 Å². The number of guanidine groups is 1. The fourth-order valence-electron chi connectivity index (χ4n) is 2.97. The third-order valence-corrected chi connectivity index (χ3v) is 4.75. The number of nitrogens with zero attached hydrogens (tertiary/aromatic N) is 2. The standard InChI is InChI=1S/C25H30N8O3/c1-5-13-30-24(28)33(29)25(34)31-16(3)22(32-19-10-7-17(8-11-19)23(26)27)18-9-12-20(35-4)21(15-18)36-14-6-2/h5-13,15,22,28,32H,1-3,14,29H2,4H3,(H3,26,27)(H,31,34)/b28-24?,30-13-. The highest BCUT2D eigenvalue weighted by Crippen LogP contribution is 2.33. The maximum Gasteiger partial charge on any atom is 0.343 e. The Labute approximate surface area is 209 Å². The van der Waals surface area contributed by atoms with Crippen molar-refractivity contribution in [1.82, 2.24) is 10.3 Å². The molecule has 0 saturated heterocycles. The molecular formula is C25H30N8O3. The van der Waals surface area contributed by atoms with Crippen LogP contribution in [0, 0.1) is 10.8 Å². The van der Waals surface area contributed by atoms with Crippen LogP contribution >= 0.6 is 0 Å². The molecule has 11 heteroatoms. The number of methoxy groups -OCH3 is 1. The summed E-state index contributed by atoms with van der Waals surface area (Å²) in [7, 11) is 1.53. The van der Waals surface area contributed by atoms with Gasteiger partial charge in [0, 0.05) is 23.2 Å². The van der Waals surface area contributed by atoms with Crippen LogP contribution in [0.15, 0.2) is 85.0 Å². The van der Waals surface area contributed by atoms with Gasteiger partial charge in [-0.05, 0) is 42.0 Å². The molecule has 2 rings (SSSR count). The molecule has 0 aliphatic rings. The van der Waals surface area contributed by atoms with Gasteiger partial charge in [-0.2, -0.15) is 5.01 Å². The second-order valence-corrected chi connectivity index (χ2v) is 7.24. The quantitative estimate of drug-likeness (QED) is 0.0703. The molecule has 188 valence electrons. The van der Waals surface area contributed by atoms with Crippen molar-refractivity contribution in [2.75, 3.05) is 19.0 Å². The monoisotopic (exact) mass is 490 g/mol. The van der Waals surface area contributed by atoms with Crippen LogP contribution in [0.3, 0.4) is 0 Å².